The quantitative estimate of drug-likeness (QED) is 0.674. The first-order valence-electron chi connectivity index (χ1n) is 4.24. The summed E-state index contributed by atoms with van der Waals surface area (Å²) < 4.78 is 0. The molecule has 0 saturated heterocycles. The third-order valence-corrected chi connectivity index (χ3v) is 1.68. The van der Waals surface area contributed by atoms with Gasteiger partial charge in [-0.15, -0.1) is 0 Å². The van der Waals surface area contributed by atoms with Crippen LogP contribution >= 0.6 is 0 Å². The van der Waals surface area contributed by atoms with E-state index in [2.05, 4.69) is 15.6 Å². The Hall–Kier alpha value is -1.58. The van der Waals surface area contributed by atoms with Crippen LogP contribution in [0.1, 0.15) is 5.69 Å². The molecule has 3 N–H and O–H groups in total. The zero-order valence-corrected chi connectivity index (χ0v) is 7.63. The Balaban J connectivity index is 2.24. The van der Waals surface area contributed by atoms with Crippen LogP contribution in [-0.2, 0) is 6.42 Å². The molecule has 0 radical (unpaired) electrons. The fourth-order valence-corrected chi connectivity index (χ4v) is 0.985. The third kappa shape index (κ3) is 3.55. The molecule has 0 aliphatic heterocycles. The van der Waals surface area contributed by atoms with Gasteiger partial charge < -0.3 is 10.6 Å². The minimum Gasteiger partial charge on any atom is -0.341 e. The molecule has 1 aromatic heterocycles. The zero-order valence-electron chi connectivity index (χ0n) is 7.63. The van der Waals surface area contributed by atoms with E-state index in [1.54, 1.807) is 7.05 Å². The van der Waals surface area contributed by atoms with Crippen molar-refractivity contribution in [2.24, 2.45) is 0 Å². The van der Waals surface area contributed by atoms with Crippen LogP contribution in [0.3, 0.4) is 0 Å². The fourth-order valence-electron chi connectivity index (χ4n) is 0.985. The van der Waals surface area contributed by atoms with Gasteiger partial charge in [-0.25, -0.2) is 9.78 Å². The lowest BCUT2D eigenvalue weighted by Crippen LogP contribution is -2.34. The molecule has 0 aromatic carbocycles. The van der Waals surface area contributed by atoms with Gasteiger partial charge in [-0.2, -0.15) is 0 Å². The summed E-state index contributed by atoms with van der Waals surface area (Å²) in [4.78, 5) is 13.9. The predicted octanol–water partition coefficient (Wildman–Crippen LogP) is -0.0278. The number of carbonyl (C=O) groups is 1. The van der Waals surface area contributed by atoms with E-state index in [1.165, 1.54) is 0 Å². The summed E-state index contributed by atoms with van der Waals surface area (Å²) in [7, 11) is 1.60. The van der Waals surface area contributed by atoms with Crippen molar-refractivity contribution >= 4 is 6.03 Å². The van der Waals surface area contributed by atoms with Gasteiger partial charge in [-0.1, -0.05) is 6.07 Å². The van der Waals surface area contributed by atoms with E-state index >= 15 is 0 Å². The van der Waals surface area contributed by atoms with E-state index in [-0.39, 0.29) is 6.03 Å². The summed E-state index contributed by atoms with van der Waals surface area (Å²) in [6.07, 6.45) is 2.68. The maximum Gasteiger partial charge on any atom is 0.314 e. The minimum atomic E-state index is -0.143. The molecule has 0 saturated carbocycles. The van der Waals surface area contributed by atoms with Crippen molar-refractivity contribution in [1.29, 1.82) is 0 Å². The number of rotatable bonds is 3. The second-order valence-electron chi connectivity index (χ2n) is 2.64. The number of urea groups is 1. The number of hydrogen-bond acceptors (Lipinski definition) is 1. The van der Waals surface area contributed by atoms with Crippen molar-refractivity contribution < 1.29 is 9.78 Å². The molecule has 13 heavy (non-hydrogen) atoms. The topological polar surface area (TPSA) is 55.3 Å². The van der Waals surface area contributed by atoms with Crippen molar-refractivity contribution in [1.82, 2.24) is 10.6 Å². The molecule has 0 fully saturated rings. The summed E-state index contributed by atoms with van der Waals surface area (Å²) in [6.45, 7) is 0.639. The molecule has 0 spiro atoms. The number of amides is 2. The Morgan fingerprint density at radius 3 is 3.00 bits per heavy atom. The van der Waals surface area contributed by atoms with Gasteiger partial charge in [0.05, 0.1) is 0 Å². The summed E-state index contributed by atoms with van der Waals surface area (Å²) in [5.74, 6) is 0. The molecule has 0 unspecified atom stereocenters. The SMILES string of the molecule is CNC(=O)NCCc1cccc[nH+]1. The van der Waals surface area contributed by atoms with Crippen molar-refractivity contribution in [2.45, 2.75) is 6.42 Å². The van der Waals surface area contributed by atoms with Crippen molar-refractivity contribution in [3.05, 3.63) is 30.1 Å². The highest BCUT2D eigenvalue weighted by Gasteiger charge is 1.99. The van der Waals surface area contributed by atoms with E-state index in [0.717, 1.165) is 12.1 Å². The molecule has 4 nitrogen and oxygen atoms in total. The van der Waals surface area contributed by atoms with Crippen LogP contribution in [0.2, 0.25) is 0 Å². The van der Waals surface area contributed by atoms with Gasteiger partial charge >= 0.3 is 6.03 Å². The van der Waals surface area contributed by atoms with E-state index in [0.29, 0.717) is 6.54 Å². The van der Waals surface area contributed by atoms with Gasteiger partial charge in [0.15, 0.2) is 11.9 Å². The highest BCUT2D eigenvalue weighted by molar-refractivity contribution is 5.73. The summed E-state index contributed by atoms with van der Waals surface area (Å²) in [5.41, 5.74) is 1.11. The molecule has 1 rings (SSSR count). The fraction of sp³-hybridized carbons (Fsp3) is 0.333. The number of nitrogens with one attached hydrogen (secondary N) is 3. The number of aromatic amines is 1. The van der Waals surface area contributed by atoms with Crippen molar-refractivity contribution in [2.75, 3.05) is 13.6 Å². The number of hydrogen-bond donors (Lipinski definition) is 2. The average Bonchev–Trinajstić information content (AvgIpc) is 2.19. The Kier molecular flexibility index (Phi) is 3.75. The Morgan fingerprint density at radius 1 is 1.54 bits per heavy atom. The first kappa shape index (κ1) is 9.51. The lowest BCUT2D eigenvalue weighted by molar-refractivity contribution is -0.390. The van der Waals surface area contributed by atoms with Crippen LogP contribution in [0, 0.1) is 0 Å². The maximum absolute atomic E-state index is 10.8. The minimum absolute atomic E-state index is 0.143. The molecule has 2 amide bonds. The van der Waals surface area contributed by atoms with E-state index in [9.17, 15) is 4.79 Å². The maximum atomic E-state index is 10.8. The van der Waals surface area contributed by atoms with Gasteiger partial charge in [0.25, 0.3) is 0 Å². The van der Waals surface area contributed by atoms with Gasteiger partial charge in [-0.05, 0) is 0 Å². The van der Waals surface area contributed by atoms with E-state index < -0.39 is 0 Å². The monoisotopic (exact) mass is 180 g/mol. The number of aromatic nitrogens is 1. The molecule has 0 atom stereocenters. The highest BCUT2D eigenvalue weighted by atomic mass is 16.2. The lowest BCUT2D eigenvalue weighted by atomic mass is 10.3. The Morgan fingerprint density at radius 2 is 2.38 bits per heavy atom. The summed E-state index contributed by atoms with van der Waals surface area (Å²) in [6, 6.07) is 5.74. The van der Waals surface area contributed by atoms with Crippen molar-refractivity contribution in [3.63, 3.8) is 0 Å². The van der Waals surface area contributed by atoms with Crippen LogP contribution in [-0.4, -0.2) is 19.6 Å². The van der Waals surface area contributed by atoms with Gasteiger partial charge in [-0.3, -0.25) is 0 Å². The van der Waals surface area contributed by atoms with Crippen LogP contribution in [0.25, 0.3) is 0 Å². The summed E-state index contributed by atoms with van der Waals surface area (Å²) >= 11 is 0. The second kappa shape index (κ2) is 5.13. The normalized spacial score (nSPS) is 9.31. The first-order valence-corrected chi connectivity index (χ1v) is 4.24. The van der Waals surface area contributed by atoms with Gasteiger partial charge in [0.1, 0.15) is 0 Å². The molecule has 1 heterocycles. The van der Waals surface area contributed by atoms with Crippen LogP contribution < -0.4 is 15.6 Å². The predicted molar refractivity (Wildman–Crippen MR) is 49.2 cm³/mol. The number of H-pyrrole nitrogens is 1. The molecule has 4 heteroatoms. The molecule has 0 bridgehead atoms. The third-order valence-electron chi connectivity index (χ3n) is 1.68. The molecule has 1 aromatic rings. The van der Waals surface area contributed by atoms with Gasteiger partial charge in [0.2, 0.25) is 0 Å². The van der Waals surface area contributed by atoms with Crippen LogP contribution in [0.15, 0.2) is 24.4 Å². The first-order chi connectivity index (χ1) is 6.33. The molecule has 0 aliphatic carbocycles. The second-order valence-corrected chi connectivity index (χ2v) is 2.64. The van der Waals surface area contributed by atoms with E-state index in [4.69, 9.17) is 0 Å². The lowest BCUT2D eigenvalue weighted by Gasteiger charge is -2.00. The van der Waals surface area contributed by atoms with Crippen LogP contribution in [0.4, 0.5) is 4.79 Å². The van der Waals surface area contributed by atoms with E-state index in [1.807, 2.05) is 24.4 Å². The van der Waals surface area contributed by atoms with Gasteiger partial charge in [0, 0.05) is 32.1 Å². The van der Waals surface area contributed by atoms with Crippen molar-refractivity contribution in [3.8, 4) is 0 Å². The standard InChI is InChI=1S/C9H13N3O/c1-10-9(13)12-7-5-8-4-2-3-6-11-8/h2-4,6H,5,7H2,1H3,(H2,10,12,13)/p+1. The molecule has 0 aliphatic rings. The highest BCUT2D eigenvalue weighted by Crippen LogP contribution is 1.87. The summed E-state index contributed by atoms with van der Waals surface area (Å²) in [5, 5.41) is 5.20. The molecule has 70 valence electrons. The number of carbonyl (C=O) groups excluding carboxylic acids is 1. The Labute approximate surface area is 77.4 Å². The van der Waals surface area contributed by atoms with Crippen LogP contribution in [0.5, 0.6) is 0 Å². The zero-order chi connectivity index (χ0) is 9.52. The average molecular weight is 180 g/mol. The number of pyridine rings is 1. The largest absolute Gasteiger partial charge is 0.341 e. The smallest absolute Gasteiger partial charge is 0.314 e. The molecular formula is C9H14N3O+. The Bertz CT molecular complexity index is 261. The molecular weight excluding hydrogens is 166 g/mol.